The summed E-state index contributed by atoms with van der Waals surface area (Å²) in [6, 6.07) is -0.112. The SMILES string of the molecule is CCCCC(NCCCCSC)C(=O)OC. The average molecular weight is 247 g/mol. The van der Waals surface area contributed by atoms with Crippen LogP contribution in [0.2, 0.25) is 0 Å². The zero-order chi connectivity index (χ0) is 12.2. The van der Waals surface area contributed by atoms with E-state index in [0.29, 0.717) is 0 Å². The molecule has 0 aliphatic rings. The van der Waals surface area contributed by atoms with Gasteiger partial charge in [0.25, 0.3) is 0 Å². The fraction of sp³-hybridized carbons (Fsp3) is 0.917. The normalized spacial score (nSPS) is 12.4. The van der Waals surface area contributed by atoms with Gasteiger partial charge in [0.15, 0.2) is 0 Å². The van der Waals surface area contributed by atoms with Crippen LogP contribution in [0.5, 0.6) is 0 Å². The number of ether oxygens (including phenoxy) is 1. The van der Waals surface area contributed by atoms with Gasteiger partial charge >= 0.3 is 5.97 Å². The van der Waals surface area contributed by atoms with E-state index in [2.05, 4.69) is 18.5 Å². The van der Waals surface area contributed by atoms with Crippen molar-refractivity contribution in [2.45, 2.75) is 45.1 Å². The van der Waals surface area contributed by atoms with E-state index in [4.69, 9.17) is 4.74 Å². The van der Waals surface area contributed by atoms with Gasteiger partial charge in [-0.05, 0) is 37.8 Å². The molecule has 1 N–H and O–H groups in total. The average Bonchev–Trinajstić information content (AvgIpc) is 2.31. The predicted octanol–water partition coefficient (Wildman–Crippen LogP) is 2.45. The van der Waals surface area contributed by atoms with Gasteiger partial charge < -0.3 is 10.1 Å². The molecule has 0 fully saturated rings. The Morgan fingerprint density at radius 1 is 1.38 bits per heavy atom. The van der Waals surface area contributed by atoms with Gasteiger partial charge in [-0.2, -0.15) is 11.8 Å². The first-order valence-electron chi connectivity index (χ1n) is 6.06. The van der Waals surface area contributed by atoms with Crippen LogP contribution in [-0.4, -0.2) is 37.7 Å². The molecule has 16 heavy (non-hydrogen) atoms. The molecule has 0 amide bonds. The number of hydrogen-bond donors (Lipinski definition) is 1. The first-order chi connectivity index (χ1) is 7.76. The molecule has 0 radical (unpaired) electrons. The van der Waals surface area contributed by atoms with Gasteiger partial charge in [-0.3, -0.25) is 4.79 Å². The van der Waals surface area contributed by atoms with Crippen LogP contribution in [0.15, 0.2) is 0 Å². The molecule has 0 aliphatic carbocycles. The largest absolute Gasteiger partial charge is 0.468 e. The van der Waals surface area contributed by atoms with Crippen molar-refractivity contribution in [3.63, 3.8) is 0 Å². The summed E-state index contributed by atoms with van der Waals surface area (Å²) in [5.41, 5.74) is 0. The van der Waals surface area contributed by atoms with Crippen molar-refractivity contribution < 1.29 is 9.53 Å². The summed E-state index contributed by atoms with van der Waals surface area (Å²) in [5, 5.41) is 3.28. The Hall–Kier alpha value is -0.220. The number of methoxy groups -OCH3 is 1. The molecule has 0 bridgehead atoms. The Morgan fingerprint density at radius 3 is 2.69 bits per heavy atom. The van der Waals surface area contributed by atoms with E-state index in [1.54, 1.807) is 0 Å². The van der Waals surface area contributed by atoms with Crippen LogP contribution in [0.25, 0.3) is 0 Å². The third-order valence-electron chi connectivity index (χ3n) is 2.50. The summed E-state index contributed by atoms with van der Waals surface area (Å²) in [6.07, 6.45) is 7.51. The second-order valence-electron chi connectivity index (χ2n) is 3.87. The molecule has 0 aliphatic heterocycles. The van der Waals surface area contributed by atoms with Gasteiger partial charge in [0, 0.05) is 0 Å². The van der Waals surface area contributed by atoms with E-state index in [-0.39, 0.29) is 12.0 Å². The molecule has 0 spiro atoms. The lowest BCUT2D eigenvalue weighted by molar-refractivity contribution is -0.143. The maximum Gasteiger partial charge on any atom is 0.322 e. The molecule has 0 saturated heterocycles. The highest BCUT2D eigenvalue weighted by Crippen LogP contribution is 2.03. The molecule has 0 aromatic heterocycles. The molecule has 0 aromatic rings. The maximum absolute atomic E-state index is 11.4. The van der Waals surface area contributed by atoms with Gasteiger partial charge in [-0.15, -0.1) is 0 Å². The van der Waals surface area contributed by atoms with E-state index in [0.717, 1.165) is 32.2 Å². The topological polar surface area (TPSA) is 38.3 Å². The smallest absolute Gasteiger partial charge is 0.322 e. The third-order valence-corrected chi connectivity index (χ3v) is 3.19. The van der Waals surface area contributed by atoms with Gasteiger partial charge in [0.2, 0.25) is 0 Å². The minimum absolute atomic E-state index is 0.112. The third kappa shape index (κ3) is 7.99. The van der Waals surface area contributed by atoms with Crippen molar-refractivity contribution in [3.05, 3.63) is 0 Å². The highest BCUT2D eigenvalue weighted by atomic mass is 32.2. The first kappa shape index (κ1) is 15.8. The molecule has 1 atom stereocenters. The second kappa shape index (κ2) is 11.3. The predicted molar refractivity (Wildman–Crippen MR) is 70.9 cm³/mol. The summed E-state index contributed by atoms with van der Waals surface area (Å²) in [5.74, 6) is 1.07. The van der Waals surface area contributed by atoms with E-state index >= 15 is 0 Å². The second-order valence-corrected chi connectivity index (χ2v) is 4.86. The monoisotopic (exact) mass is 247 g/mol. The number of thioether (sulfide) groups is 1. The summed E-state index contributed by atoms with van der Waals surface area (Å²) >= 11 is 1.87. The first-order valence-corrected chi connectivity index (χ1v) is 7.45. The number of rotatable bonds is 10. The molecule has 0 aromatic carbocycles. The highest BCUT2D eigenvalue weighted by Gasteiger charge is 2.16. The minimum Gasteiger partial charge on any atom is -0.468 e. The quantitative estimate of drug-likeness (QED) is 0.475. The van der Waals surface area contributed by atoms with Crippen LogP contribution in [0.1, 0.15) is 39.0 Å². The number of hydrogen-bond acceptors (Lipinski definition) is 4. The Balaban J connectivity index is 3.69. The minimum atomic E-state index is -0.127. The lowest BCUT2D eigenvalue weighted by Crippen LogP contribution is -2.38. The molecule has 4 heteroatoms. The lowest BCUT2D eigenvalue weighted by Gasteiger charge is -2.15. The van der Waals surface area contributed by atoms with E-state index in [9.17, 15) is 4.79 Å². The van der Waals surface area contributed by atoms with Crippen molar-refractivity contribution in [1.82, 2.24) is 5.32 Å². The van der Waals surface area contributed by atoms with Crippen LogP contribution in [-0.2, 0) is 9.53 Å². The number of nitrogens with one attached hydrogen (secondary N) is 1. The summed E-state index contributed by atoms with van der Waals surface area (Å²) in [4.78, 5) is 11.4. The Kier molecular flexibility index (Phi) is 11.1. The van der Waals surface area contributed by atoms with Gasteiger partial charge in [-0.1, -0.05) is 19.8 Å². The number of carbonyl (C=O) groups is 1. The highest BCUT2D eigenvalue weighted by molar-refractivity contribution is 7.98. The number of esters is 1. The maximum atomic E-state index is 11.4. The number of carbonyl (C=O) groups excluding carboxylic acids is 1. The van der Waals surface area contributed by atoms with E-state index in [1.165, 1.54) is 19.3 Å². The van der Waals surface area contributed by atoms with Crippen LogP contribution >= 0.6 is 11.8 Å². The Bertz CT molecular complexity index is 176. The van der Waals surface area contributed by atoms with Gasteiger partial charge in [-0.25, -0.2) is 0 Å². The molecule has 1 unspecified atom stereocenters. The molecule has 0 rings (SSSR count). The van der Waals surface area contributed by atoms with Crippen LogP contribution < -0.4 is 5.32 Å². The standard InChI is InChI=1S/C12H25NO2S/c1-4-5-8-11(12(14)15-2)13-9-6-7-10-16-3/h11,13H,4-10H2,1-3H3. The van der Waals surface area contributed by atoms with E-state index in [1.807, 2.05) is 11.8 Å². The zero-order valence-electron chi connectivity index (χ0n) is 10.8. The van der Waals surface area contributed by atoms with Crippen LogP contribution in [0, 0.1) is 0 Å². The van der Waals surface area contributed by atoms with Crippen molar-refractivity contribution in [2.24, 2.45) is 0 Å². The van der Waals surface area contributed by atoms with E-state index < -0.39 is 0 Å². The Labute approximate surface area is 104 Å². The summed E-state index contributed by atoms with van der Waals surface area (Å²) in [7, 11) is 1.46. The molecular formula is C12H25NO2S. The Morgan fingerprint density at radius 2 is 2.12 bits per heavy atom. The fourth-order valence-corrected chi connectivity index (χ4v) is 1.99. The van der Waals surface area contributed by atoms with Gasteiger partial charge in [0.1, 0.15) is 6.04 Å². The van der Waals surface area contributed by atoms with Crippen molar-refractivity contribution in [2.75, 3.05) is 25.7 Å². The van der Waals surface area contributed by atoms with Crippen LogP contribution in [0.3, 0.4) is 0 Å². The van der Waals surface area contributed by atoms with Crippen molar-refractivity contribution in [1.29, 1.82) is 0 Å². The summed E-state index contributed by atoms with van der Waals surface area (Å²) < 4.78 is 4.78. The van der Waals surface area contributed by atoms with Crippen molar-refractivity contribution >= 4 is 17.7 Å². The van der Waals surface area contributed by atoms with Gasteiger partial charge in [0.05, 0.1) is 7.11 Å². The fourth-order valence-electron chi connectivity index (χ4n) is 1.50. The molecule has 96 valence electrons. The molecular weight excluding hydrogens is 222 g/mol. The zero-order valence-corrected chi connectivity index (χ0v) is 11.6. The van der Waals surface area contributed by atoms with Crippen LogP contribution in [0.4, 0.5) is 0 Å². The summed E-state index contributed by atoms with van der Waals surface area (Å²) in [6.45, 7) is 3.04. The lowest BCUT2D eigenvalue weighted by atomic mass is 10.1. The number of unbranched alkanes of at least 4 members (excludes halogenated alkanes) is 2. The molecule has 0 saturated carbocycles. The molecule has 3 nitrogen and oxygen atoms in total. The molecule has 0 heterocycles. The van der Waals surface area contributed by atoms with Crippen molar-refractivity contribution in [3.8, 4) is 0 Å².